The van der Waals surface area contributed by atoms with Gasteiger partial charge in [0.2, 0.25) is 0 Å². The summed E-state index contributed by atoms with van der Waals surface area (Å²) in [6.45, 7) is -0.326. The van der Waals surface area contributed by atoms with Gasteiger partial charge in [-0.3, -0.25) is 14.9 Å². The van der Waals surface area contributed by atoms with Crippen molar-refractivity contribution in [3.8, 4) is 5.75 Å². The standard InChI is InChI=1S/C19H23N3O4S/c23-17(11-26-16-4-2-1-3-15(16)22(24)25)20-18(27)21-19-8-12-5-13(9-19)7-14(6-12)10-19/h1-4,12-14H,5-11H2,(H2,20,21,23,27). The lowest BCUT2D eigenvalue weighted by molar-refractivity contribution is -0.385. The molecule has 0 spiro atoms. The van der Waals surface area contributed by atoms with Gasteiger partial charge in [0.1, 0.15) is 0 Å². The molecule has 1 amide bonds. The van der Waals surface area contributed by atoms with Gasteiger partial charge in [-0.05, 0) is 74.6 Å². The number of benzene rings is 1. The van der Waals surface area contributed by atoms with Gasteiger partial charge in [0.15, 0.2) is 17.5 Å². The highest BCUT2D eigenvalue weighted by Gasteiger charge is 2.51. The lowest BCUT2D eigenvalue weighted by atomic mass is 9.53. The Kier molecular flexibility index (Phi) is 4.75. The fraction of sp³-hybridized carbons (Fsp3) is 0.579. The largest absolute Gasteiger partial charge is 0.477 e. The molecule has 4 fully saturated rings. The van der Waals surface area contributed by atoms with Gasteiger partial charge < -0.3 is 15.4 Å². The number of hydrogen-bond acceptors (Lipinski definition) is 5. The molecule has 4 aliphatic carbocycles. The molecule has 0 heterocycles. The maximum atomic E-state index is 12.2. The first-order chi connectivity index (χ1) is 12.9. The van der Waals surface area contributed by atoms with Crippen molar-refractivity contribution in [1.82, 2.24) is 10.6 Å². The van der Waals surface area contributed by atoms with Gasteiger partial charge in [-0.25, -0.2) is 0 Å². The van der Waals surface area contributed by atoms with Crippen LogP contribution in [-0.4, -0.2) is 28.1 Å². The molecule has 4 bridgehead atoms. The Morgan fingerprint density at radius 2 is 1.78 bits per heavy atom. The van der Waals surface area contributed by atoms with Gasteiger partial charge in [0.25, 0.3) is 5.91 Å². The number of nitro groups is 1. The molecule has 144 valence electrons. The number of carbonyl (C=O) groups excluding carboxylic acids is 1. The van der Waals surface area contributed by atoms with Crippen LogP contribution in [0.2, 0.25) is 0 Å². The number of hydrogen-bond donors (Lipinski definition) is 2. The van der Waals surface area contributed by atoms with Gasteiger partial charge in [-0.1, -0.05) is 12.1 Å². The number of nitrogens with one attached hydrogen (secondary N) is 2. The summed E-state index contributed by atoms with van der Waals surface area (Å²) in [5.41, 5.74) is -0.141. The summed E-state index contributed by atoms with van der Waals surface area (Å²) >= 11 is 5.36. The zero-order valence-corrected chi connectivity index (χ0v) is 15.8. The van der Waals surface area contributed by atoms with E-state index < -0.39 is 10.8 Å². The summed E-state index contributed by atoms with van der Waals surface area (Å²) in [5, 5.41) is 17.4. The molecule has 0 unspecified atom stereocenters. The quantitative estimate of drug-likeness (QED) is 0.457. The molecule has 4 aliphatic rings. The number of amides is 1. The highest BCUT2D eigenvalue weighted by molar-refractivity contribution is 7.80. The minimum Gasteiger partial charge on any atom is -0.477 e. The smallest absolute Gasteiger partial charge is 0.310 e. The number of carbonyl (C=O) groups is 1. The third kappa shape index (κ3) is 3.90. The van der Waals surface area contributed by atoms with Crippen molar-refractivity contribution in [2.24, 2.45) is 17.8 Å². The van der Waals surface area contributed by atoms with Crippen molar-refractivity contribution in [3.63, 3.8) is 0 Å². The van der Waals surface area contributed by atoms with E-state index in [9.17, 15) is 14.9 Å². The van der Waals surface area contributed by atoms with Crippen LogP contribution in [0.5, 0.6) is 5.75 Å². The molecule has 7 nitrogen and oxygen atoms in total. The molecule has 0 aromatic heterocycles. The van der Waals surface area contributed by atoms with E-state index in [1.807, 2.05) is 0 Å². The lowest BCUT2D eigenvalue weighted by Crippen LogP contribution is -2.62. The van der Waals surface area contributed by atoms with Crippen molar-refractivity contribution in [3.05, 3.63) is 34.4 Å². The average molecular weight is 389 g/mol. The minimum atomic E-state index is -0.535. The predicted molar refractivity (Wildman–Crippen MR) is 103 cm³/mol. The topological polar surface area (TPSA) is 93.5 Å². The van der Waals surface area contributed by atoms with Crippen LogP contribution in [0.15, 0.2) is 24.3 Å². The summed E-state index contributed by atoms with van der Waals surface area (Å²) in [4.78, 5) is 22.6. The van der Waals surface area contributed by atoms with E-state index in [0.29, 0.717) is 5.11 Å². The van der Waals surface area contributed by atoms with Gasteiger partial charge in [-0.15, -0.1) is 0 Å². The Labute approximate surface area is 163 Å². The SMILES string of the molecule is O=C(COc1ccccc1[N+](=O)[O-])NC(=S)NC12CC3CC(CC(C3)C1)C2. The molecule has 0 radical (unpaired) electrons. The Balaban J connectivity index is 1.30. The Morgan fingerprint density at radius 1 is 1.19 bits per heavy atom. The van der Waals surface area contributed by atoms with Crippen LogP contribution in [0.1, 0.15) is 38.5 Å². The maximum Gasteiger partial charge on any atom is 0.310 e. The van der Waals surface area contributed by atoms with Crippen molar-refractivity contribution in [2.45, 2.75) is 44.1 Å². The first-order valence-corrected chi connectivity index (χ1v) is 9.81. The third-order valence-electron chi connectivity index (χ3n) is 6.09. The zero-order chi connectivity index (χ0) is 19.0. The zero-order valence-electron chi connectivity index (χ0n) is 15.0. The molecule has 0 aliphatic heterocycles. The second kappa shape index (κ2) is 7.07. The van der Waals surface area contributed by atoms with E-state index in [4.69, 9.17) is 17.0 Å². The molecule has 1 aromatic rings. The number of ether oxygens (including phenoxy) is 1. The van der Waals surface area contributed by atoms with Crippen LogP contribution in [0.25, 0.3) is 0 Å². The first kappa shape index (κ1) is 18.2. The molecule has 5 rings (SSSR count). The average Bonchev–Trinajstić information content (AvgIpc) is 2.58. The molecule has 8 heteroatoms. The minimum absolute atomic E-state index is 0.0260. The lowest BCUT2D eigenvalue weighted by Gasteiger charge is -2.57. The van der Waals surface area contributed by atoms with Gasteiger partial charge in [0.05, 0.1) is 4.92 Å². The van der Waals surface area contributed by atoms with Crippen molar-refractivity contribution in [2.75, 3.05) is 6.61 Å². The second-order valence-corrected chi connectivity index (χ2v) is 8.62. The summed E-state index contributed by atoms with van der Waals surface area (Å²) in [6, 6.07) is 5.99. The van der Waals surface area contributed by atoms with E-state index in [1.165, 1.54) is 31.4 Å². The molecule has 0 atom stereocenters. The highest BCUT2D eigenvalue weighted by atomic mass is 32.1. The second-order valence-electron chi connectivity index (χ2n) is 8.21. The highest BCUT2D eigenvalue weighted by Crippen LogP contribution is 2.55. The van der Waals surface area contributed by atoms with Crippen LogP contribution in [0.4, 0.5) is 5.69 Å². The van der Waals surface area contributed by atoms with Crippen molar-refractivity contribution < 1.29 is 14.5 Å². The van der Waals surface area contributed by atoms with Crippen LogP contribution in [-0.2, 0) is 4.79 Å². The number of thiocarbonyl (C=S) groups is 1. The first-order valence-electron chi connectivity index (χ1n) is 9.41. The molecule has 1 aromatic carbocycles. The summed E-state index contributed by atoms with van der Waals surface area (Å²) in [7, 11) is 0. The number of nitrogens with zero attached hydrogens (tertiary/aromatic N) is 1. The van der Waals surface area contributed by atoms with E-state index in [1.54, 1.807) is 12.1 Å². The van der Waals surface area contributed by atoms with Crippen molar-refractivity contribution >= 4 is 28.9 Å². The summed E-state index contributed by atoms with van der Waals surface area (Å²) < 4.78 is 5.31. The van der Waals surface area contributed by atoms with Gasteiger partial charge in [0, 0.05) is 11.6 Å². The summed E-state index contributed by atoms with van der Waals surface area (Å²) in [5.74, 6) is 1.99. The molecule has 0 saturated heterocycles. The Bertz CT molecular complexity index is 747. The maximum absolute atomic E-state index is 12.2. The molecular formula is C19H23N3O4S. The molecule has 27 heavy (non-hydrogen) atoms. The van der Waals surface area contributed by atoms with E-state index in [-0.39, 0.29) is 23.6 Å². The molecular weight excluding hydrogens is 366 g/mol. The number of para-hydroxylation sites is 2. The van der Waals surface area contributed by atoms with E-state index in [2.05, 4.69) is 10.6 Å². The fourth-order valence-corrected chi connectivity index (χ4v) is 5.90. The van der Waals surface area contributed by atoms with Crippen molar-refractivity contribution in [1.29, 1.82) is 0 Å². The third-order valence-corrected chi connectivity index (χ3v) is 6.29. The van der Waals surface area contributed by atoms with Crippen LogP contribution >= 0.6 is 12.2 Å². The number of rotatable bonds is 5. The van der Waals surface area contributed by atoms with E-state index in [0.717, 1.165) is 37.0 Å². The molecule has 2 N–H and O–H groups in total. The monoisotopic (exact) mass is 389 g/mol. The predicted octanol–water partition coefficient (Wildman–Crippen LogP) is 2.93. The van der Waals surface area contributed by atoms with E-state index >= 15 is 0 Å². The van der Waals surface area contributed by atoms with Gasteiger partial charge >= 0.3 is 5.69 Å². The molecule has 4 saturated carbocycles. The van der Waals surface area contributed by atoms with Crippen LogP contribution in [0, 0.1) is 27.9 Å². The fourth-order valence-electron chi connectivity index (χ4n) is 5.57. The normalized spacial score (nSPS) is 30.6. The number of nitro benzene ring substituents is 1. The Hall–Kier alpha value is -2.22. The van der Waals surface area contributed by atoms with Crippen LogP contribution < -0.4 is 15.4 Å². The van der Waals surface area contributed by atoms with Crippen LogP contribution in [0.3, 0.4) is 0 Å². The Morgan fingerprint density at radius 3 is 2.37 bits per heavy atom. The summed E-state index contributed by atoms with van der Waals surface area (Å²) in [6.07, 6.45) is 7.39. The van der Waals surface area contributed by atoms with Gasteiger partial charge in [-0.2, -0.15) is 0 Å².